The fraction of sp³-hybridized carbons (Fsp3) is 0.917. The largest absolute Gasteiger partial charge is 0.372 e. The van der Waals surface area contributed by atoms with Gasteiger partial charge in [0, 0.05) is 19.1 Å². The summed E-state index contributed by atoms with van der Waals surface area (Å²) in [7, 11) is 0. The van der Waals surface area contributed by atoms with Gasteiger partial charge in [0.1, 0.15) is 0 Å². The molecular weight excluding hydrogens is 204 g/mol. The number of carbonyl (C=O) groups is 1. The van der Waals surface area contributed by atoms with Crippen molar-refractivity contribution in [2.75, 3.05) is 13.1 Å². The Morgan fingerprint density at radius 1 is 1.19 bits per heavy atom. The summed E-state index contributed by atoms with van der Waals surface area (Å²) < 4.78 is 5.61. The Morgan fingerprint density at radius 2 is 1.75 bits per heavy atom. The van der Waals surface area contributed by atoms with Crippen molar-refractivity contribution < 1.29 is 9.53 Å². The van der Waals surface area contributed by atoms with Gasteiger partial charge >= 0.3 is 6.03 Å². The third kappa shape index (κ3) is 2.88. The molecule has 1 N–H and O–H groups in total. The Labute approximate surface area is 97.3 Å². The van der Waals surface area contributed by atoms with Crippen LogP contribution in [0.1, 0.15) is 39.5 Å². The summed E-state index contributed by atoms with van der Waals surface area (Å²) >= 11 is 0. The highest BCUT2D eigenvalue weighted by atomic mass is 16.5. The van der Waals surface area contributed by atoms with Crippen LogP contribution in [0.2, 0.25) is 0 Å². The summed E-state index contributed by atoms with van der Waals surface area (Å²) in [6.07, 6.45) is 5.08. The van der Waals surface area contributed by atoms with Crippen LogP contribution >= 0.6 is 0 Å². The highest BCUT2D eigenvalue weighted by Gasteiger charge is 2.27. The SMILES string of the molecule is CC1CN(C(=O)NC2CCCC2)CC(C)O1. The van der Waals surface area contributed by atoms with Crippen LogP contribution < -0.4 is 5.32 Å². The molecule has 0 spiro atoms. The number of hydrogen-bond donors (Lipinski definition) is 1. The van der Waals surface area contributed by atoms with Gasteiger partial charge in [0.05, 0.1) is 12.2 Å². The van der Waals surface area contributed by atoms with Gasteiger partial charge in [-0.05, 0) is 26.7 Å². The van der Waals surface area contributed by atoms with E-state index in [1.807, 2.05) is 18.7 Å². The quantitative estimate of drug-likeness (QED) is 0.740. The summed E-state index contributed by atoms with van der Waals surface area (Å²) in [5.41, 5.74) is 0. The number of nitrogens with one attached hydrogen (secondary N) is 1. The first-order valence-electron chi connectivity index (χ1n) is 6.36. The Hall–Kier alpha value is -0.770. The van der Waals surface area contributed by atoms with E-state index in [0.29, 0.717) is 19.1 Å². The Bertz CT molecular complexity index is 241. The molecule has 0 aromatic rings. The number of hydrogen-bond acceptors (Lipinski definition) is 2. The van der Waals surface area contributed by atoms with Crippen LogP contribution in [-0.4, -0.2) is 42.3 Å². The van der Waals surface area contributed by atoms with Gasteiger partial charge in [-0.2, -0.15) is 0 Å². The minimum atomic E-state index is 0.0916. The van der Waals surface area contributed by atoms with Gasteiger partial charge in [-0.1, -0.05) is 12.8 Å². The van der Waals surface area contributed by atoms with E-state index in [0.717, 1.165) is 12.8 Å². The predicted octanol–water partition coefficient (Wildman–Crippen LogP) is 1.75. The summed E-state index contributed by atoms with van der Waals surface area (Å²) in [5.74, 6) is 0. The minimum absolute atomic E-state index is 0.0916. The van der Waals surface area contributed by atoms with Gasteiger partial charge in [-0.15, -0.1) is 0 Å². The van der Waals surface area contributed by atoms with E-state index in [9.17, 15) is 4.79 Å². The van der Waals surface area contributed by atoms with Gasteiger partial charge in [0.15, 0.2) is 0 Å². The first kappa shape index (κ1) is 11.7. The molecule has 2 fully saturated rings. The number of ether oxygens (including phenoxy) is 1. The number of rotatable bonds is 1. The summed E-state index contributed by atoms with van der Waals surface area (Å²) in [5, 5.41) is 3.12. The standard InChI is InChI=1S/C12H22N2O2/c1-9-7-14(8-10(2)16-9)12(15)13-11-5-3-4-6-11/h9-11H,3-8H2,1-2H3,(H,13,15). The minimum Gasteiger partial charge on any atom is -0.372 e. The van der Waals surface area contributed by atoms with Crippen LogP contribution in [0.15, 0.2) is 0 Å². The van der Waals surface area contributed by atoms with E-state index in [-0.39, 0.29) is 18.2 Å². The second kappa shape index (κ2) is 5.04. The molecule has 0 radical (unpaired) electrons. The predicted molar refractivity (Wildman–Crippen MR) is 62.4 cm³/mol. The zero-order valence-corrected chi connectivity index (χ0v) is 10.2. The van der Waals surface area contributed by atoms with Crippen molar-refractivity contribution in [1.82, 2.24) is 10.2 Å². The lowest BCUT2D eigenvalue weighted by molar-refractivity contribution is -0.0547. The van der Waals surface area contributed by atoms with E-state index in [1.54, 1.807) is 0 Å². The number of nitrogens with zero attached hydrogens (tertiary/aromatic N) is 1. The molecule has 0 bridgehead atoms. The van der Waals surface area contributed by atoms with Crippen molar-refractivity contribution in [3.63, 3.8) is 0 Å². The molecule has 4 heteroatoms. The fourth-order valence-corrected chi connectivity index (χ4v) is 2.68. The summed E-state index contributed by atoms with van der Waals surface area (Å²) in [6, 6.07) is 0.495. The van der Waals surface area contributed by atoms with Gasteiger partial charge in [0.25, 0.3) is 0 Å². The number of amides is 2. The topological polar surface area (TPSA) is 41.6 Å². The molecule has 0 aromatic heterocycles. The second-order valence-electron chi connectivity index (χ2n) is 5.09. The lowest BCUT2D eigenvalue weighted by Gasteiger charge is -2.35. The molecule has 2 rings (SSSR count). The average molecular weight is 226 g/mol. The van der Waals surface area contributed by atoms with Crippen LogP contribution in [0.5, 0.6) is 0 Å². The van der Waals surface area contributed by atoms with Crippen molar-refractivity contribution in [2.24, 2.45) is 0 Å². The highest BCUT2D eigenvalue weighted by molar-refractivity contribution is 5.74. The normalized spacial score (nSPS) is 31.8. The average Bonchev–Trinajstić information content (AvgIpc) is 2.68. The molecule has 2 atom stereocenters. The van der Waals surface area contributed by atoms with Crippen molar-refractivity contribution in [3.05, 3.63) is 0 Å². The van der Waals surface area contributed by atoms with Gasteiger partial charge in [0.2, 0.25) is 0 Å². The van der Waals surface area contributed by atoms with Gasteiger partial charge < -0.3 is 15.0 Å². The molecular formula is C12H22N2O2. The van der Waals surface area contributed by atoms with Crippen LogP contribution in [0, 0.1) is 0 Å². The lowest BCUT2D eigenvalue weighted by atomic mass is 10.2. The molecule has 4 nitrogen and oxygen atoms in total. The molecule has 1 aliphatic carbocycles. The number of urea groups is 1. The maximum Gasteiger partial charge on any atom is 0.317 e. The molecule has 2 unspecified atom stereocenters. The second-order valence-corrected chi connectivity index (χ2v) is 5.09. The molecule has 16 heavy (non-hydrogen) atoms. The molecule has 1 saturated heterocycles. The van der Waals surface area contributed by atoms with Crippen LogP contribution in [0.4, 0.5) is 4.79 Å². The van der Waals surface area contributed by atoms with Crippen LogP contribution in [0.3, 0.4) is 0 Å². The monoisotopic (exact) mass is 226 g/mol. The smallest absolute Gasteiger partial charge is 0.317 e. The first-order chi connectivity index (χ1) is 7.65. The van der Waals surface area contributed by atoms with E-state index < -0.39 is 0 Å². The third-order valence-electron chi connectivity index (χ3n) is 3.39. The summed E-state index contributed by atoms with van der Waals surface area (Å²) in [6.45, 7) is 5.46. The highest BCUT2D eigenvalue weighted by Crippen LogP contribution is 2.18. The molecule has 0 aromatic carbocycles. The van der Waals surface area contributed by atoms with E-state index >= 15 is 0 Å². The van der Waals surface area contributed by atoms with Gasteiger partial charge in [-0.3, -0.25) is 0 Å². The number of carbonyl (C=O) groups excluding carboxylic acids is 1. The Morgan fingerprint density at radius 3 is 2.31 bits per heavy atom. The summed E-state index contributed by atoms with van der Waals surface area (Å²) in [4.78, 5) is 13.9. The van der Waals surface area contributed by atoms with Crippen molar-refractivity contribution in [3.8, 4) is 0 Å². The Kier molecular flexibility index (Phi) is 3.69. The van der Waals surface area contributed by atoms with Gasteiger partial charge in [-0.25, -0.2) is 4.79 Å². The molecule has 1 heterocycles. The molecule has 1 saturated carbocycles. The zero-order valence-electron chi connectivity index (χ0n) is 10.2. The molecule has 92 valence electrons. The molecule has 2 amide bonds. The molecule has 2 aliphatic rings. The zero-order chi connectivity index (χ0) is 11.5. The van der Waals surface area contributed by atoms with Crippen molar-refractivity contribution >= 4 is 6.03 Å². The maximum atomic E-state index is 12.0. The lowest BCUT2D eigenvalue weighted by Crippen LogP contribution is -2.53. The first-order valence-corrected chi connectivity index (χ1v) is 6.36. The Balaban J connectivity index is 1.83. The third-order valence-corrected chi connectivity index (χ3v) is 3.39. The molecule has 1 aliphatic heterocycles. The number of morpholine rings is 1. The van der Waals surface area contributed by atoms with E-state index in [4.69, 9.17) is 4.74 Å². The van der Waals surface area contributed by atoms with Crippen molar-refractivity contribution in [2.45, 2.75) is 57.8 Å². The maximum absolute atomic E-state index is 12.0. The van der Waals surface area contributed by atoms with Crippen LogP contribution in [0.25, 0.3) is 0 Å². The van der Waals surface area contributed by atoms with Crippen LogP contribution in [-0.2, 0) is 4.74 Å². The van der Waals surface area contributed by atoms with E-state index in [2.05, 4.69) is 5.32 Å². The van der Waals surface area contributed by atoms with Crippen molar-refractivity contribution in [1.29, 1.82) is 0 Å². The van der Waals surface area contributed by atoms with E-state index in [1.165, 1.54) is 12.8 Å². The fourth-order valence-electron chi connectivity index (χ4n) is 2.68.